The Hall–Kier alpha value is -3.32. The van der Waals surface area contributed by atoms with Gasteiger partial charge in [-0.15, -0.1) is 0 Å². The number of benzene rings is 4. The van der Waals surface area contributed by atoms with Gasteiger partial charge < -0.3 is 4.98 Å². The molecular weight excluding hydrogens is 302 g/mol. The quantitative estimate of drug-likeness (QED) is 0.384. The van der Waals surface area contributed by atoms with E-state index >= 15 is 0 Å². The van der Waals surface area contributed by atoms with E-state index in [9.17, 15) is 0 Å². The molecule has 5 rings (SSSR count). The molecule has 0 aliphatic rings. The summed E-state index contributed by atoms with van der Waals surface area (Å²) in [5, 5.41) is 2.51. The standard InChI is InChI=1S/C24H16N/c1-3-9-17(10-4-1)19-15-16-21-20-13-7-8-14-22(20)25-24(21)23(19)18-11-5-2-6-12-18/h1-11,13-16,25H. The van der Waals surface area contributed by atoms with Crippen LogP contribution in [0.4, 0.5) is 0 Å². The van der Waals surface area contributed by atoms with Crippen molar-refractivity contribution in [2.75, 3.05) is 0 Å². The normalized spacial score (nSPS) is 11.2. The highest BCUT2D eigenvalue weighted by atomic mass is 14.7. The van der Waals surface area contributed by atoms with Gasteiger partial charge in [0.05, 0.1) is 5.52 Å². The van der Waals surface area contributed by atoms with Crippen LogP contribution in [-0.2, 0) is 0 Å². The Morgan fingerprint density at radius 1 is 0.640 bits per heavy atom. The third-order valence-electron chi connectivity index (χ3n) is 4.75. The van der Waals surface area contributed by atoms with Crippen LogP contribution in [0.15, 0.2) is 91.0 Å². The molecule has 117 valence electrons. The second-order valence-corrected chi connectivity index (χ2v) is 6.22. The van der Waals surface area contributed by atoms with Crippen LogP contribution in [0.5, 0.6) is 0 Å². The molecule has 0 saturated carbocycles. The van der Waals surface area contributed by atoms with Gasteiger partial charge in [-0.05, 0) is 28.8 Å². The summed E-state index contributed by atoms with van der Waals surface area (Å²) in [6.45, 7) is 0. The van der Waals surface area contributed by atoms with Gasteiger partial charge in [0, 0.05) is 21.9 Å². The fourth-order valence-corrected chi connectivity index (χ4v) is 3.61. The Kier molecular flexibility index (Phi) is 3.17. The zero-order valence-corrected chi connectivity index (χ0v) is 13.7. The van der Waals surface area contributed by atoms with Gasteiger partial charge in [-0.2, -0.15) is 0 Å². The van der Waals surface area contributed by atoms with Crippen molar-refractivity contribution in [1.82, 2.24) is 4.98 Å². The van der Waals surface area contributed by atoms with Crippen LogP contribution in [0.2, 0.25) is 0 Å². The average Bonchev–Trinajstić information content (AvgIpc) is 3.07. The lowest BCUT2D eigenvalue weighted by Crippen LogP contribution is -1.87. The van der Waals surface area contributed by atoms with E-state index in [1.807, 2.05) is 12.1 Å². The number of H-pyrrole nitrogens is 1. The number of para-hydroxylation sites is 1. The first-order valence-electron chi connectivity index (χ1n) is 8.48. The van der Waals surface area contributed by atoms with Crippen LogP contribution in [0, 0.1) is 6.07 Å². The lowest BCUT2D eigenvalue weighted by atomic mass is 9.92. The highest BCUT2D eigenvalue weighted by molar-refractivity contribution is 6.14. The minimum Gasteiger partial charge on any atom is -0.354 e. The van der Waals surface area contributed by atoms with Crippen LogP contribution in [0.1, 0.15) is 0 Å². The smallest absolute Gasteiger partial charge is 0.0551 e. The number of rotatable bonds is 2. The van der Waals surface area contributed by atoms with E-state index in [2.05, 4.69) is 89.9 Å². The summed E-state index contributed by atoms with van der Waals surface area (Å²) in [6.07, 6.45) is 0. The largest absolute Gasteiger partial charge is 0.354 e. The van der Waals surface area contributed by atoms with Gasteiger partial charge in [0.25, 0.3) is 0 Å². The van der Waals surface area contributed by atoms with Gasteiger partial charge in [0.15, 0.2) is 0 Å². The molecule has 4 aromatic carbocycles. The summed E-state index contributed by atoms with van der Waals surface area (Å²) in [7, 11) is 0. The van der Waals surface area contributed by atoms with E-state index in [0.717, 1.165) is 5.56 Å². The molecule has 1 N–H and O–H groups in total. The summed E-state index contributed by atoms with van der Waals surface area (Å²) in [6, 6.07) is 35.1. The Morgan fingerprint density at radius 3 is 2.28 bits per heavy atom. The van der Waals surface area contributed by atoms with Gasteiger partial charge >= 0.3 is 0 Å². The highest BCUT2D eigenvalue weighted by Gasteiger charge is 2.15. The van der Waals surface area contributed by atoms with Crippen LogP contribution in [-0.4, -0.2) is 4.98 Å². The summed E-state index contributed by atoms with van der Waals surface area (Å²) in [5.41, 5.74) is 7.10. The van der Waals surface area contributed by atoms with E-state index in [4.69, 9.17) is 0 Å². The number of hydrogen-bond donors (Lipinski definition) is 1. The minimum absolute atomic E-state index is 1.11. The van der Waals surface area contributed by atoms with Gasteiger partial charge in [-0.1, -0.05) is 84.9 Å². The summed E-state index contributed by atoms with van der Waals surface area (Å²) < 4.78 is 0. The van der Waals surface area contributed by atoms with Crippen molar-refractivity contribution < 1.29 is 0 Å². The molecular formula is C24H16N. The van der Waals surface area contributed by atoms with E-state index in [-0.39, 0.29) is 0 Å². The number of hydrogen-bond acceptors (Lipinski definition) is 0. The van der Waals surface area contributed by atoms with Crippen LogP contribution in [0.3, 0.4) is 0 Å². The Balaban J connectivity index is 1.93. The Bertz CT molecular complexity index is 1170. The lowest BCUT2D eigenvalue weighted by molar-refractivity contribution is 1.52. The van der Waals surface area contributed by atoms with Crippen molar-refractivity contribution in [3.8, 4) is 22.3 Å². The number of aromatic nitrogens is 1. The summed E-state index contributed by atoms with van der Waals surface area (Å²) >= 11 is 0. The minimum atomic E-state index is 1.11. The Labute approximate surface area is 146 Å². The average molecular weight is 318 g/mol. The SMILES string of the molecule is [c]1ccccc1-c1c(-c2ccccc2)ccc2c1[nH]c1ccccc12. The predicted molar refractivity (Wildman–Crippen MR) is 106 cm³/mol. The first-order chi connectivity index (χ1) is 12.4. The molecule has 0 saturated heterocycles. The zero-order chi connectivity index (χ0) is 16.6. The van der Waals surface area contributed by atoms with Gasteiger partial charge in [-0.25, -0.2) is 0 Å². The zero-order valence-electron chi connectivity index (χ0n) is 13.7. The van der Waals surface area contributed by atoms with Crippen LogP contribution >= 0.6 is 0 Å². The van der Waals surface area contributed by atoms with Crippen LogP contribution < -0.4 is 0 Å². The molecule has 5 aromatic rings. The maximum Gasteiger partial charge on any atom is 0.0551 e. The monoisotopic (exact) mass is 318 g/mol. The fourth-order valence-electron chi connectivity index (χ4n) is 3.61. The predicted octanol–water partition coefficient (Wildman–Crippen LogP) is 6.46. The van der Waals surface area contributed by atoms with Gasteiger partial charge in [0.1, 0.15) is 0 Å². The lowest BCUT2D eigenvalue weighted by Gasteiger charge is -2.12. The molecule has 1 radical (unpaired) electrons. The van der Waals surface area contributed by atoms with Crippen molar-refractivity contribution in [2.45, 2.75) is 0 Å². The van der Waals surface area contributed by atoms with Gasteiger partial charge in [-0.3, -0.25) is 0 Å². The topological polar surface area (TPSA) is 15.8 Å². The molecule has 1 heteroatoms. The first kappa shape index (κ1) is 14.1. The third kappa shape index (κ3) is 2.25. The highest BCUT2D eigenvalue weighted by Crippen LogP contribution is 2.39. The van der Waals surface area contributed by atoms with E-state index in [0.29, 0.717) is 0 Å². The summed E-state index contributed by atoms with van der Waals surface area (Å²) in [5.74, 6) is 0. The molecule has 1 aromatic heterocycles. The van der Waals surface area contributed by atoms with Crippen molar-refractivity contribution >= 4 is 21.8 Å². The van der Waals surface area contributed by atoms with Crippen molar-refractivity contribution in [3.63, 3.8) is 0 Å². The molecule has 0 amide bonds. The van der Waals surface area contributed by atoms with Crippen molar-refractivity contribution in [1.29, 1.82) is 0 Å². The van der Waals surface area contributed by atoms with Crippen molar-refractivity contribution in [2.24, 2.45) is 0 Å². The molecule has 0 unspecified atom stereocenters. The molecule has 1 heterocycles. The molecule has 1 nitrogen and oxygen atoms in total. The van der Waals surface area contributed by atoms with Crippen LogP contribution in [0.25, 0.3) is 44.1 Å². The maximum atomic E-state index is 3.64. The fraction of sp³-hybridized carbons (Fsp3) is 0. The second-order valence-electron chi connectivity index (χ2n) is 6.22. The Morgan fingerprint density at radius 2 is 1.44 bits per heavy atom. The van der Waals surface area contributed by atoms with Gasteiger partial charge in [0.2, 0.25) is 0 Å². The summed E-state index contributed by atoms with van der Waals surface area (Å²) in [4.78, 5) is 3.64. The molecule has 0 fully saturated rings. The number of aromatic amines is 1. The third-order valence-corrected chi connectivity index (χ3v) is 4.75. The molecule has 0 spiro atoms. The maximum absolute atomic E-state index is 3.64. The molecule has 0 aliphatic carbocycles. The van der Waals surface area contributed by atoms with E-state index < -0.39 is 0 Å². The van der Waals surface area contributed by atoms with Crippen molar-refractivity contribution in [3.05, 3.63) is 97.1 Å². The van der Waals surface area contributed by atoms with E-state index in [1.165, 1.54) is 38.5 Å². The number of nitrogens with one attached hydrogen (secondary N) is 1. The molecule has 0 aliphatic heterocycles. The molecule has 25 heavy (non-hydrogen) atoms. The molecule has 0 bridgehead atoms. The number of fused-ring (bicyclic) bond motifs is 3. The first-order valence-corrected chi connectivity index (χ1v) is 8.48. The molecule has 0 atom stereocenters. The van der Waals surface area contributed by atoms with E-state index in [1.54, 1.807) is 0 Å². The second kappa shape index (κ2) is 5.64.